The van der Waals surface area contributed by atoms with Gasteiger partial charge in [-0.05, 0) is 50.3 Å². The highest BCUT2D eigenvalue weighted by molar-refractivity contribution is 6.06. The summed E-state index contributed by atoms with van der Waals surface area (Å²) in [7, 11) is 3.86. The van der Waals surface area contributed by atoms with E-state index in [0.29, 0.717) is 30.7 Å². The van der Waals surface area contributed by atoms with Crippen LogP contribution in [0, 0.1) is 5.82 Å². The van der Waals surface area contributed by atoms with Crippen LogP contribution in [0.5, 0.6) is 0 Å². The lowest BCUT2D eigenvalue weighted by Crippen LogP contribution is -2.25. The van der Waals surface area contributed by atoms with Gasteiger partial charge in [0, 0.05) is 24.0 Å². The molecule has 5 nitrogen and oxygen atoms in total. The topological polar surface area (TPSA) is 57.5 Å². The van der Waals surface area contributed by atoms with Crippen LogP contribution in [0.3, 0.4) is 0 Å². The molecule has 0 aliphatic carbocycles. The van der Waals surface area contributed by atoms with Crippen LogP contribution in [0.25, 0.3) is 11.0 Å². The second-order valence-electron chi connectivity index (χ2n) is 7.09. The van der Waals surface area contributed by atoms with E-state index in [1.807, 2.05) is 49.3 Å². The molecule has 0 radical (unpaired) electrons. The van der Waals surface area contributed by atoms with E-state index < -0.39 is 5.91 Å². The molecule has 0 saturated heterocycles. The maximum atomic E-state index is 14.9. The molecule has 6 heteroatoms. The normalized spacial score (nSPS) is 13.8. The zero-order valence-electron chi connectivity index (χ0n) is 15.4. The molecule has 27 heavy (non-hydrogen) atoms. The number of amides is 1. The first kappa shape index (κ1) is 17.7. The molecule has 2 N–H and O–H groups in total. The molecule has 4 rings (SSSR count). The first-order valence-electron chi connectivity index (χ1n) is 9.02. The number of anilines is 1. The number of hydrogen-bond acceptors (Lipinski definition) is 4. The Morgan fingerprint density at radius 2 is 2.07 bits per heavy atom. The van der Waals surface area contributed by atoms with Crippen molar-refractivity contribution in [3.05, 3.63) is 64.7 Å². The van der Waals surface area contributed by atoms with Crippen molar-refractivity contribution in [2.45, 2.75) is 19.5 Å². The third-order valence-electron chi connectivity index (χ3n) is 4.83. The SMILES string of the molecule is CN(C)Cc1c(C(=O)Nc2ccc3c(c2F)CCNC3)oc2ccccc12. The van der Waals surface area contributed by atoms with Gasteiger partial charge in [0.2, 0.25) is 0 Å². The second kappa shape index (κ2) is 7.13. The third kappa shape index (κ3) is 3.34. The maximum absolute atomic E-state index is 14.9. The highest BCUT2D eigenvalue weighted by Crippen LogP contribution is 2.29. The van der Waals surface area contributed by atoms with Crippen LogP contribution >= 0.6 is 0 Å². The standard InChI is InChI=1S/C21H22FN3O2/c1-25(2)12-16-15-5-3-4-6-18(15)27-20(16)21(26)24-17-8-7-13-11-23-10-9-14(13)19(17)22/h3-8,23H,9-12H2,1-2H3,(H,24,26). The molecular formula is C21H22FN3O2. The molecule has 0 unspecified atom stereocenters. The molecule has 0 atom stereocenters. The Hall–Kier alpha value is -2.70. The number of hydrogen-bond donors (Lipinski definition) is 2. The van der Waals surface area contributed by atoms with Crippen LogP contribution in [-0.4, -0.2) is 31.4 Å². The molecule has 1 aliphatic heterocycles. The number of nitrogens with zero attached hydrogens (tertiary/aromatic N) is 1. The lowest BCUT2D eigenvalue weighted by Gasteiger charge is -2.19. The number of para-hydroxylation sites is 1. The maximum Gasteiger partial charge on any atom is 0.291 e. The predicted molar refractivity (Wildman–Crippen MR) is 103 cm³/mol. The Bertz CT molecular complexity index is 1010. The van der Waals surface area contributed by atoms with Gasteiger partial charge < -0.3 is 20.0 Å². The molecule has 1 aromatic heterocycles. The van der Waals surface area contributed by atoms with Crippen LogP contribution in [0.4, 0.5) is 10.1 Å². The summed E-state index contributed by atoms with van der Waals surface area (Å²) >= 11 is 0. The summed E-state index contributed by atoms with van der Waals surface area (Å²) < 4.78 is 20.7. The lowest BCUT2D eigenvalue weighted by atomic mass is 9.99. The Balaban J connectivity index is 1.69. The Morgan fingerprint density at radius 3 is 2.89 bits per heavy atom. The smallest absolute Gasteiger partial charge is 0.291 e. The first-order chi connectivity index (χ1) is 13.0. The Labute approximate surface area is 157 Å². The van der Waals surface area contributed by atoms with Crippen molar-refractivity contribution in [3.8, 4) is 0 Å². The number of rotatable bonds is 4. The fraction of sp³-hybridized carbons (Fsp3) is 0.286. The van der Waals surface area contributed by atoms with Gasteiger partial charge in [0.15, 0.2) is 5.76 Å². The van der Waals surface area contributed by atoms with Crippen molar-refractivity contribution in [1.29, 1.82) is 0 Å². The van der Waals surface area contributed by atoms with Gasteiger partial charge in [0.05, 0.1) is 5.69 Å². The summed E-state index contributed by atoms with van der Waals surface area (Å²) in [6.45, 7) is 1.94. The average Bonchev–Trinajstić information content (AvgIpc) is 3.02. The van der Waals surface area contributed by atoms with Crippen LogP contribution in [-0.2, 0) is 19.5 Å². The molecule has 3 aromatic rings. The largest absolute Gasteiger partial charge is 0.451 e. The molecule has 0 spiro atoms. The molecule has 2 aromatic carbocycles. The Kier molecular flexibility index (Phi) is 4.68. The van der Waals surface area contributed by atoms with E-state index in [-0.39, 0.29) is 17.3 Å². The quantitative estimate of drug-likeness (QED) is 0.741. The van der Waals surface area contributed by atoms with Crippen LogP contribution in [0.15, 0.2) is 40.8 Å². The summed E-state index contributed by atoms with van der Waals surface area (Å²) in [5, 5.41) is 6.82. The van der Waals surface area contributed by atoms with Crippen LogP contribution < -0.4 is 10.6 Å². The van der Waals surface area contributed by atoms with Gasteiger partial charge in [-0.15, -0.1) is 0 Å². The van der Waals surface area contributed by atoms with Gasteiger partial charge in [-0.3, -0.25) is 4.79 Å². The minimum absolute atomic E-state index is 0.192. The van der Waals surface area contributed by atoms with E-state index in [1.165, 1.54) is 0 Å². The van der Waals surface area contributed by atoms with Crippen molar-refractivity contribution < 1.29 is 13.6 Å². The summed E-state index contributed by atoms with van der Waals surface area (Å²) in [6, 6.07) is 11.0. The van der Waals surface area contributed by atoms with Gasteiger partial charge >= 0.3 is 0 Å². The number of halogens is 1. The molecule has 0 fully saturated rings. The highest BCUT2D eigenvalue weighted by atomic mass is 19.1. The van der Waals surface area contributed by atoms with Gasteiger partial charge in [-0.2, -0.15) is 0 Å². The number of furan rings is 1. The van der Waals surface area contributed by atoms with Crippen LogP contribution in [0.2, 0.25) is 0 Å². The monoisotopic (exact) mass is 367 g/mol. The van der Waals surface area contributed by atoms with Crippen molar-refractivity contribution in [2.24, 2.45) is 0 Å². The molecule has 1 aliphatic rings. The number of carbonyl (C=O) groups is 1. The van der Waals surface area contributed by atoms with E-state index in [4.69, 9.17) is 4.42 Å². The first-order valence-corrected chi connectivity index (χ1v) is 9.02. The van der Waals surface area contributed by atoms with Crippen molar-refractivity contribution >= 4 is 22.6 Å². The fourth-order valence-electron chi connectivity index (χ4n) is 3.56. The summed E-state index contributed by atoms with van der Waals surface area (Å²) in [5.74, 6) is -0.563. The lowest BCUT2D eigenvalue weighted by molar-refractivity contribution is 0.0996. The molecule has 2 heterocycles. The predicted octanol–water partition coefficient (Wildman–Crippen LogP) is 3.53. The van der Waals surface area contributed by atoms with Gasteiger partial charge in [0.1, 0.15) is 11.4 Å². The third-order valence-corrected chi connectivity index (χ3v) is 4.83. The van der Waals surface area contributed by atoms with Gasteiger partial charge in [0.25, 0.3) is 5.91 Å². The zero-order valence-corrected chi connectivity index (χ0v) is 15.4. The summed E-state index contributed by atoms with van der Waals surface area (Å²) in [5.41, 5.74) is 3.25. The minimum Gasteiger partial charge on any atom is -0.451 e. The fourth-order valence-corrected chi connectivity index (χ4v) is 3.56. The highest BCUT2D eigenvalue weighted by Gasteiger charge is 2.23. The minimum atomic E-state index is -0.434. The van der Waals surface area contributed by atoms with Crippen molar-refractivity contribution in [3.63, 3.8) is 0 Å². The summed E-state index contributed by atoms with van der Waals surface area (Å²) in [4.78, 5) is 14.9. The number of benzene rings is 2. The van der Waals surface area contributed by atoms with Crippen molar-refractivity contribution in [2.75, 3.05) is 26.0 Å². The van der Waals surface area contributed by atoms with E-state index in [9.17, 15) is 9.18 Å². The molecule has 140 valence electrons. The zero-order chi connectivity index (χ0) is 19.0. The van der Waals surface area contributed by atoms with E-state index in [1.54, 1.807) is 6.07 Å². The van der Waals surface area contributed by atoms with Crippen LogP contribution in [0.1, 0.15) is 27.2 Å². The van der Waals surface area contributed by atoms with E-state index in [2.05, 4.69) is 10.6 Å². The van der Waals surface area contributed by atoms with Crippen molar-refractivity contribution in [1.82, 2.24) is 10.2 Å². The Morgan fingerprint density at radius 1 is 1.26 bits per heavy atom. The van der Waals surface area contributed by atoms with E-state index in [0.717, 1.165) is 23.1 Å². The van der Waals surface area contributed by atoms with Gasteiger partial charge in [-0.25, -0.2) is 4.39 Å². The molecule has 0 saturated carbocycles. The molecule has 0 bridgehead atoms. The van der Waals surface area contributed by atoms with Gasteiger partial charge in [-0.1, -0.05) is 24.3 Å². The molecule has 1 amide bonds. The summed E-state index contributed by atoms with van der Waals surface area (Å²) in [6.07, 6.45) is 0.612. The second-order valence-corrected chi connectivity index (χ2v) is 7.09. The molecular weight excluding hydrogens is 345 g/mol. The average molecular weight is 367 g/mol. The number of fused-ring (bicyclic) bond motifs is 2. The van der Waals surface area contributed by atoms with E-state index >= 15 is 0 Å². The number of carbonyl (C=O) groups excluding carboxylic acids is 1. The number of nitrogens with one attached hydrogen (secondary N) is 2.